The van der Waals surface area contributed by atoms with Gasteiger partial charge in [-0.2, -0.15) is 4.98 Å². The standard InChI is InChI=1S/C29H34F2N6O3/c1-6-29(4,5)35-26(38)24-22(30)14-21(15-23(24)31)39-13-7-8-19-9-11-37(12-10-19)28-32-16-20(17-33-28)25-34-27(18(2)3)40-36-25/h1,14-19H,7-13H2,2-5H3,(H,35,38). The minimum absolute atomic E-state index is 0.0411. The SMILES string of the molecule is C#CC(C)(C)NC(=O)c1c(F)cc(OCCCC2CCN(c3ncc(-c4noc(C(C)C)n4)cn3)CC2)cc1F. The quantitative estimate of drug-likeness (QED) is 0.272. The average molecular weight is 553 g/mol. The first-order valence-electron chi connectivity index (χ1n) is 13.4. The van der Waals surface area contributed by atoms with E-state index in [1.165, 1.54) is 0 Å². The molecule has 1 amide bonds. The molecular formula is C29H34F2N6O3. The summed E-state index contributed by atoms with van der Waals surface area (Å²) in [6, 6.07) is 2.04. The highest BCUT2D eigenvalue weighted by atomic mass is 19.1. The van der Waals surface area contributed by atoms with E-state index in [0.29, 0.717) is 35.8 Å². The van der Waals surface area contributed by atoms with Crippen molar-refractivity contribution in [3.05, 3.63) is 47.6 Å². The number of piperidine rings is 1. The lowest BCUT2D eigenvalue weighted by Gasteiger charge is -2.32. The highest BCUT2D eigenvalue weighted by Gasteiger charge is 2.25. The number of terminal acetylenes is 1. The van der Waals surface area contributed by atoms with Crippen molar-refractivity contribution >= 4 is 11.9 Å². The minimum atomic E-state index is -1.03. The lowest BCUT2D eigenvalue weighted by atomic mass is 9.92. The van der Waals surface area contributed by atoms with E-state index >= 15 is 0 Å². The zero-order chi connectivity index (χ0) is 28.9. The molecule has 1 N–H and O–H groups in total. The van der Waals surface area contributed by atoms with E-state index in [4.69, 9.17) is 15.7 Å². The van der Waals surface area contributed by atoms with Crippen molar-refractivity contribution < 1.29 is 22.8 Å². The van der Waals surface area contributed by atoms with Gasteiger partial charge in [-0.25, -0.2) is 18.7 Å². The van der Waals surface area contributed by atoms with Crippen LogP contribution in [0.2, 0.25) is 0 Å². The first-order chi connectivity index (χ1) is 19.1. The number of rotatable bonds is 10. The third-order valence-electron chi connectivity index (χ3n) is 6.78. The molecule has 1 saturated heterocycles. The van der Waals surface area contributed by atoms with E-state index in [2.05, 4.69) is 36.2 Å². The van der Waals surface area contributed by atoms with Crippen LogP contribution in [0.5, 0.6) is 5.75 Å². The summed E-state index contributed by atoms with van der Waals surface area (Å²) in [7, 11) is 0. The molecule has 11 heteroatoms. The molecule has 2 aromatic heterocycles. The summed E-state index contributed by atoms with van der Waals surface area (Å²) < 4.78 is 39.8. The number of hydrogen-bond acceptors (Lipinski definition) is 8. The molecule has 0 unspecified atom stereocenters. The van der Waals surface area contributed by atoms with Crippen molar-refractivity contribution in [1.29, 1.82) is 0 Å². The Balaban J connectivity index is 1.21. The average Bonchev–Trinajstić information content (AvgIpc) is 3.42. The van der Waals surface area contributed by atoms with Gasteiger partial charge in [-0.05, 0) is 45.4 Å². The zero-order valence-electron chi connectivity index (χ0n) is 23.2. The Morgan fingerprint density at radius 2 is 1.88 bits per heavy atom. The van der Waals surface area contributed by atoms with Gasteiger partial charge in [0.15, 0.2) is 0 Å². The van der Waals surface area contributed by atoms with Crippen LogP contribution in [0, 0.1) is 29.9 Å². The maximum Gasteiger partial charge on any atom is 0.258 e. The smallest absolute Gasteiger partial charge is 0.258 e. The molecule has 9 nitrogen and oxygen atoms in total. The highest BCUT2D eigenvalue weighted by molar-refractivity contribution is 5.95. The molecule has 1 aromatic carbocycles. The van der Waals surface area contributed by atoms with Crippen LogP contribution in [0.4, 0.5) is 14.7 Å². The van der Waals surface area contributed by atoms with Crippen molar-refractivity contribution in [1.82, 2.24) is 25.4 Å². The molecule has 0 atom stereocenters. The summed E-state index contributed by atoms with van der Waals surface area (Å²) in [5.41, 5.74) is -1.01. The zero-order valence-corrected chi connectivity index (χ0v) is 23.2. The van der Waals surface area contributed by atoms with Gasteiger partial charge in [-0.1, -0.05) is 24.9 Å². The Bertz CT molecular complexity index is 1340. The normalized spacial score (nSPS) is 14.3. The van der Waals surface area contributed by atoms with E-state index in [0.717, 1.165) is 50.9 Å². The summed E-state index contributed by atoms with van der Waals surface area (Å²) in [6.45, 7) is 9.08. The van der Waals surface area contributed by atoms with Crippen LogP contribution < -0.4 is 15.0 Å². The predicted molar refractivity (Wildman–Crippen MR) is 146 cm³/mol. The number of hydrogen-bond donors (Lipinski definition) is 1. The van der Waals surface area contributed by atoms with E-state index in [-0.39, 0.29) is 11.7 Å². The molecule has 0 bridgehead atoms. The molecule has 1 aliphatic heterocycles. The molecule has 40 heavy (non-hydrogen) atoms. The third kappa shape index (κ3) is 7.11. The Labute approximate surface area is 232 Å². The van der Waals surface area contributed by atoms with Crippen LogP contribution in [-0.2, 0) is 0 Å². The number of anilines is 1. The van der Waals surface area contributed by atoms with Gasteiger partial charge in [0.1, 0.15) is 22.9 Å². The maximum atomic E-state index is 14.5. The van der Waals surface area contributed by atoms with Gasteiger partial charge in [0.25, 0.3) is 5.91 Å². The number of carbonyl (C=O) groups excluding carboxylic acids is 1. The molecule has 0 aliphatic carbocycles. The van der Waals surface area contributed by atoms with Crippen LogP contribution in [0.3, 0.4) is 0 Å². The van der Waals surface area contributed by atoms with E-state index in [9.17, 15) is 13.6 Å². The predicted octanol–water partition coefficient (Wildman–Crippen LogP) is 5.15. The second kappa shape index (κ2) is 12.4. The van der Waals surface area contributed by atoms with Gasteiger partial charge < -0.3 is 19.5 Å². The van der Waals surface area contributed by atoms with Crippen LogP contribution in [0.25, 0.3) is 11.4 Å². The van der Waals surface area contributed by atoms with Crippen LogP contribution >= 0.6 is 0 Å². The van der Waals surface area contributed by atoms with Gasteiger partial charge in [0, 0.05) is 43.5 Å². The maximum absolute atomic E-state index is 14.5. The minimum Gasteiger partial charge on any atom is -0.493 e. The first-order valence-corrected chi connectivity index (χ1v) is 13.4. The number of nitrogens with one attached hydrogen (secondary N) is 1. The number of nitrogens with zero attached hydrogens (tertiary/aromatic N) is 5. The van der Waals surface area contributed by atoms with Gasteiger partial charge in [-0.15, -0.1) is 6.42 Å². The fourth-order valence-electron chi connectivity index (χ4n) is 4.40. The molecule has 0 spiro atoms. The topological polar surface area (TPSA) is 106 Å². The van der Waals surface area contributed by atoms with E-state index < -0.39 is 28.6 Å². The summed E-state index contributed by atoms with van der Waals surface area (Å²) >= 11 is 0. The molecule has 0 saturated carbocycles. The summed E-state index contributed by atoms with van der Waals surface area (Å²) in [4.78, 5) is 27.8. The second-order valence-corrected chi connectivity index (χ2v) is 10.8. The number of benzene rings is 1. The van der Waals surface area contributed by atoms with E-state index in [1.54, 1.807) is 26.2 Å². The third-order valence-corrected chi connectivity index (χ3v) is 6.78. The molecule has 1 fully saturated rings. The summed E-state index contributed by atoms with van der Waals surface area (Å²) in [5, 5.41) is 6.42. The van der Waals surface area contributed by atoms with Crippen molar-refractivity contribution in [3.63, 3.8) is 0 Å². The van der Waals surface area contributed by atoms with Crippen LogP contribution in [0.15, 0.2) is 29.0 Å². The van der Waals surface area contributed by atoms with Crippen LogP contribution in [-0.4, -0.2) is 51.3 Å². The van der Waals surface area contributed by atoms with Crippen molar-refractivity contribution in [3.8, 4) is 29.5 Å². The fourth-order valence-corrected chi connectivity index (χ4v) is 4.40. The van der Waals surface area contributed by atoms with Crippen molar-refractivity contribution in [2.75, 3.05) is 24.6 Å². The fraction of sp³-hybridized carbons (Fsp3) is 0.483. The number of ether oxygens (including phenoxy) is 1. The highest BCUT2D eigenvalue weighted by Crippen LogP contribution is 2.26. The van der Waals surface area contributed by atoms with Crippen LogP contribution in [0.1, 0.15) is 75.5 Å². The molecule has 1 aliphatic rings. The number of halogens is 2. The number of amides is 1. The van der Waals surface area contributed by atoms with E-state index in [1.807, 2.05) is 13.8 Å². The Morgan fingerprint density at radius 3 is 2.45 bits per heavy atom. The van der Waals surface area contributed by atoms with Gasteiger partial charge in [0.2, 0.25) is 17.7 Å². The molecule has 212 valence electrons. The number of aromatic nitrogens is 4. The Hall–Kier alpha value is -4.07. The molecule has 3 aromatic rings. The second-order valence-electron chi connectivity index (χ2n) is 10.8. The van der Waals surface area contributed by atoms with Gasteiger partial charge in [0.05, 0.1) is 17.7 Å². The lowest BCUT2D eigenvalue weighted by Crippen LogP contribution is -2.42. The molecular weight excluding hydrogens is 518 g/mol. The summed E-state index contributed by atoms with van der Waals surface area (Å²) in [5.74, 6) is 1.87. The monoisotopic (exact) mass is 552 g/mol. The Morgan fingerprint density at radius 1 is 1.23 bits per heavy atom. The van der Waals surface area contributed by atoms with Crippen molar-refractivity contribution in [2.24, 2.45) is 5.92 Å². The van der Waals surface area contributed by atoms with Crippen molar-refractivity contribution in [2.45, 2.75) is 64.8 Å². The molecule has 4 rings (SSSR count). The van der Waals surface area contributed by atoms with Gasteiger partial charge >= 0.3 is 0 Å². The Kier molecular flexibility index (Phi) is 8.97. The lowest BCUT2D eigenvalue weighted by molar-refractivity contribution is 0.0921. The molecule has 3 heterocycles. The van der Waals surface area contributed by atoms with Gasteiger partial charge in [-0.3, -0.25) is 4.79 Å². The first kappa shape index (κ1) is 28.9. The largest absolute Gasteiger partial charge is 0.493 e. The molecule has 0 radical (unpaired) electrons. The summed E-state index contributed by atoms with van der Waals surface area (Å²) in [6.07, 6.45) is 12.4. The number of carbonyl (C=O) groups is 1.